The maximum absolute atomic E-state index is 10.1. The lowest BCUT2D eigenvalue weighted by molar-refractivity contribution is 0.0342. The molecular weight excluding hydrogens is 346 g/mol. The minimum atomic E-state index is 0.0520. The lowest BCUT2D eigenvalue weighted by atomic mass is 9.75. The van der Waals surface area contributed by atoms with E-state index >= 15 is 0 Å². The van der Waals surface area contributed by atoms with E-state index in [0.717, 1.165) is 67.7 Å². The second kappa shape index (κ2) is 8.38. The van der Waals surface area contributed by atoms with Crippen molar-refractivity contribution in [2.45, 2.75) is 39.2 Å². The molecule has 146 valence electrons. The molecule has 0 bridgehead atoms. The second-order valence-corrected chi connectivity index (χ2v) is 8.16. The number of fused-ring (bicyclic) bond motifs is 1. The normalized spacial score (nSPS) is 17.1. The zero-order chi connectivity index (χ0) is 19.4. The first-order valence-electron chi connectivity index (χ1n) is 10.3. The van der Waals surface area contributed by atoms with Gasteiger partial charge in [-0.3, -0.25) is 4.90 Å². The molecule has 4 heteroatoms. The molecular formula is C24H29N3O. The van der Waals surface area contributed by atoms with Gasteiger partial charge in [-0.15, -0.1) is 0 Å². The van der Waals surface area contributed by atoms with Gasteiger partial charge in [0, 0.05) is 13.2 Å². The predicted octanol–water partition coefficient (Wildman–Crippen LogP) is 4.15. The van der Waals surface area contributed by atoms with E-state index in [1.165, 1.54) is 5.56 Å². The maximum atomic E-state index is 10.1. The summed E-state index contributed by atoms with van der Waals surface area (Å²) < 4.78 is 0. The monoisotopic (exact) mass is 375 g/mol. The lowest BCUT2D eigenvalue weighted by Crippen LogP contribution is -2.42. The fourth-order valence-corrected chi connectivity index (χ4v) is 4.21. The van der Waals surface area contributed by atoms with E-state index in [2.05, 4.69) is 42.2 Å². The highest BCUT2D eigenvalue weighted by atomic mass is 16.3. The van der Waals surface area contributed by atoms with Crippen LogP contribution < -0.4 is 0 Å². The highest BCUT2D eigenvalue weighted by Gasteiger charge is 2.33. The summed E-state index contributed by atoms with van der Waals surface area (Å²) in [7, 11) is 0. The van der Waals surface area contributed by atoms with Gasteiger partial charge in [-0.2, -0.15) is 0 Å². The number of aliphatic hydroxyl groups is 1. The minimum absolute atomic E-state index is 0.0520. The van der Waals surface area contributed by atoms with Crippen LogP contribution in [-0.4, -0.2) is 39.7 Å². The van der Waals surface area contributed by atoms with Gasteiger partial charge < -0.3 is 5.11 Å². The molecule has 1 aliphatic heterocycles. The van der Waals surface area contributed by atoms with Gasteiger partial charge in [0.2, 0.25) is 0 Å². The molecule has 4 nitrogen and oxygen atoms in total. The number of aryl methyl sites for hydroxylation is 2. The molecule has 1 aromatic heterocycles. The van der Waals surface area contributed by atoms with Gasteiger partial charge in [0.05, 0.1) is 22.4 Å². The van der Waals surface area contributed by atoms with Crippen LogP contribution in [0, 0.1) is 12.3 Å². The smallest absolute Gasteiger partial charge is 0.0890 e. The van der Waals surface area contributed by atoms with E-state index < -0.39 is 0 Å². The Labute approximate surface area is 167 Å². The van der Waals surface area contributed by atoms with E-state index in [1.807, 2.05) is 24.3 Å². The summed E-state index contributed by atoms with van der Waals surface area (Å²) in [5, 5.41) is 10.1. The number of hydrogen-bond acceptors (Lipinski definition) is 4. The average molecular weight is 376 g/mol. The third-order valence-corrected chi connectivity index (χ3v) is 6.26. The van der Waals surface area contributed by atoms with Crippen molar-refractivity contribution in [2.75, 3.05) is 19.7 Å². The highest BCUT2D eigenvalue weighted by Crippen LogP contribution is 2.36. The van der Waals surface area contributed by atoms with Crippen LogP contribution in [0.25, 0.3) is 11.0 Å². The Morgan fingerprint density at radius 3 is 2.25 bits per heavy atom. The quantitative estimate of drug-likeness (QED) is 0.703. The van der Waals surface area contributed by atoms with Crippen molar-refractivity contribution in [3.63, 3.8) is 0 Å². The third kappa shape index (κ3) is 4.23. The van der Waals surface area contributed by atoms with Gasteiger partial charge >= 0.3 is 0 Å². The number of benzene rings is 2. The Hall–Kier alpha value is -2.30. The van der Waals surface area contributed by atoms with Crippen molar-refractivity contribution in [1.29, 1.82) is 0 Å². The molecule has 0 radical (unpaired) electrons. The molecule has 1 N–H and O–H groups in total. The molecule has 4 rings (SSSR count). The largest absolute Gasteiger partial charge is 0.396 e. The molecule has 1 fully saturated rings. The summed E-state index contributed by atoms with van der Waals surface area (Å²) in [6.45, 7) is 5.18. The molecule has 0 unspecified atom stereocenters. The van der Waals surface area contributed by atoms with Crippen LogP contribution in [0.2, 0.25) is 0 Å². The first-order chi connectivity index (χ1) is 13.7. The van der Waals surface area contributed by atoms with Crippen LogP contribution in [0.15, 0.2) is 54.6 Å². The zero-order valence-electron chi connectivity index (χ0n) is 16.6. The van der Waals surface area contributed by atoms with Crippen LogP contribution in [-0.2, 0) is 13.0 Å². The number of hydrogen-bond donors (Lipinski definition) is 1. The van der Waals surface area contributed by atoms with Crippen LogP contribution in [0.5, 0.6) is 0 Å². The predicted molar refractivity (Wildman–Crippen MR) is 113 cm³/mol. The highest BCUT2D eigenvalue weighted by molar-refractivity contribution is 5.74. The summed E-state index contributed by atoms with van der Waals surface area (Å²) in [5.74, 6) is 0. The van der Waals surface area contributed by atoms with Crippen molar-refractivity contribution in [3.8, 4) is 0 Å². The van der Waals surface area contributed by atoms with Crippen molar-refractivity contribution in [2.24, 2.45) is 5.41 Å². The van der Waals surface area contributed by atoms with E-state index in [4.69, 9.17) is 9.97 Å². The Kier molecular flexibility index (Phi) is 5.69. The topological polar surface area (TPSA) is 49.2 Å². The van der Waals surface area contributed by atoms with E-state index in [9.17, 15) is 5.11 Å². The SMILES string of the molecule is Cc1nc2ccccc2nc1CN1CCC(CO)(CCc2ccccc2)CC1. The Morgan fingerprint density at radius 2 is 1.57 bits per heavy atom. The Morgan fingerprint density at radius 1 is 0.929 bits per heavy atom. The number of likely N-dealkylation sites (tertiary alicyclic amines) is 1. The fourth-order valence-electron chi connectivity index (χ4n) is 4.21. The standard InChI is InChI=1S/C24H29N3O/c1-19-23(26-22-10-6-5-9-21(22)25-19)17-27-15-13-24(18-28,14-16-27)12-11-20-7-3-2-4-8-20/h2-10,28H,11-18H2,1H3. The van der Waals surface area contributed by atoms with Crippen molar-refractivity contribution >= 4 is 11.0 Å². The molecule has 0 amide bonds. The zero-order valence-corrected chi connectivity index (χ0v) is 16.6. The average Bonchev–Trinajstić information content (AvgIpc) is 2.75. The van der Waals surface area contributed by atoms with Gasteiger partial charge in [0.1, 0.15) is 0 Å². The van der Waals surface area contributed by atoms with Gasteiger partial charge in [0.15, 0.2) is 0 Å². The van der Waals surface area contributed by atoms with Crippen molar-refractivity contribution in [1.82, 2.24) is 14.9 Å². The Bertz CT molecular complexity index is 918. The number of aromatic nitrogens is 2. The summed E-state index contributed by atoms with van der Waals surface area (Å²) in [5.41, 5.74) is 5.42. The molecule has 1 saturated heterocycles. The Balaban J connectivity index is 1.38. The lowest BCUT2D eigenvalue weighted by Gasteiger charge is -2.41. The number of para-hydroxylation sites is 2. The van der Waals surface area contributed by atoms with Crippen LogP contribution in [0.4, 0.5) is 0 Å². The first-order valence-corrected chi connectivity index (χ1v) is 10.3. The molecule has 2 heterocycles. The summed E-state index contributed by atoms with van der Waals surface area (Å²) in [6.07, 6.45) is 4.17. The van der Waals surface area contributed by atoms with Crippen LogP contribution >= 0.6 is 0 Å². The van der Waals surface area contributed by atoms with Gasteiger partial charge in [-0.1, -0.05) is 42.5 Å². The molecule has 0 spiro atoms. The van der Waals surface area contributed by atoms with Crippen molar-refractivity contribution in [3.05, 3.63) is 71.5 Å². The second-order valence-electron chi connectivity index (χ2n) is 8.16. The van der Waals surface area contributed by atoms with E-state index in [1.54, 1.807) is 0 Å². The summed E-state index contributed by atoms with van der Waals surface area (Å²) in [6, 6.07) is 18.7. The minimum Gasteiger partial charge on any atom is -0.396 e. The molecule has 3 aromatic rings. The first kappa shape index (κ1) is 19.0. The number of nitrogens with zero attached hydrogens (tertiary/aromatic N) is 3. The molecule has 1 aliphatic rings. The molecule has 0 saturated carbocycles. The van der Waals surface area contributed by atoms with E-state index in [0.29, 0.717) is 0 Å². The van der Waals surface area contributed by atoms with E-state index in [-0.39, 0.29) is 12.0 Å². The molecule has 0 atom stereocenters. The maximum Gasteiger partial charge on any atom is 0.0890 e. The van der Waals surface area contributed by atoms with Crippen LogP contribution in [0.1, 0.15) is 36.2 Å². The molecule has 2 aromatic carbocycles. The summed E-state index contributed by atoms with van der Waals surface area (Å²) in [4.78, 5) is 12.0. The molecule has 28 heavy (non-hydrogen) atoms. The number of aliphatic hydroxyl groups excluding tert-OH is 1. The molecule has 0 aliphatic carbocycles. The van der Waals surface area contributed by atoms with Crippen LogP contribution in [0.3, 0.4) is 0 Å². The third-order valence-electron chi connectivity index (χ3n) is 6.26. The fraction of sp³-hybridized carbons (Fsp3) is 0.417. The van der Waals surface area contributed by atoms with Gasteiger partial charge in [0.25, 0.3) is 0 Å². The number of piperidine rings is 1. The summed E-state index contributed by atoms with van der Waals surface area (Å²) >= 11 is 0. The number of rotatable bonds is 6. The van der Waals surface area contributed by atoms with Crippen molar-refractivity contribution < 1.29 is 5.11 Å². The van der Waals surface area contributed by atoms with Gasteiger partial charge in [-0.05, 0) is 68.8 Å². The van der Waals surface area contributed by atoms with Gasteiger partial charge in [-0.25, -0.2) is 9.97 Å².